The monoisotopic (exact) mass is 488 g/mol. The third kappa shape index (κ3) is 4.81. The predicted molar refractivity (Wildman–Crippen MR) is 122 cm³/mol. The number of rotatable bonds is 7. The van der Waals surface area contributed by atoms with Crippen LogP contribution in [0.1, 0.15) is 41.0 Å². The Morgan fingerprint density at radius 1 is 1.20 bits per heavy atom. The van der Waals surface area contributed by atoms with Gasteiger partial charge in [-0.2, -0.15) is 0 Å². The first-order valence-electron chi connectivity index (χ1n) is 11.6. The molecule has 2 aliphatic carbocycles. The van der Waals surface area contributed by atoms with Crippen LogP contribution in [0.5, 0.6) is 0 Å². The molecule has 2 fully saturated rings. The molecule has 1 heterocycles. The molecule has 7 atom stereocenters. The Bertz CT molecular complexity index is 1010. The van der Waals surface area contributed by atoms with Gasteiger partial charge in [-0.25, -0.2) is 9.59 Å². The van der Waals surface area contributed by atoms with Crippen molar-refractivity contribution in [3.05, 3.63) is 36.5 Å². The minimum atomic E-state index is -1.28. The van der Waals surface area contributed by atoms with Crippen LogP contribution in [0.25, 0.3) is 0 Å². The molecule has 190 valence electrons. The van der Waals surface area contributed by atoms with E-state index in [1.54, 1.807) is 13.0 Å². The van der Waals surface area contributed by atoms with E-state index in [2.05, 4.69) is 13.2 Å². The van der Waals surface area contributed by atoms with E-state index in [4.69, 9.17) is 18.9 Å². The minimum absolute atomic E-state index is 0.0240. The predicted octanol–water partition coefficient (Wildman–Crippen LogP) is 2.48. The topological polar surface area (TPSA) is 122 Å². The molecule has 0 aromatic carbocycles. The van der Waals surface area contributed by atoms with E-state index < -0.39 is 72.0 Å². The van der Waals surface area contributed by atoms with E-state index >= 15 is 0 Å². The largest absolute Gasteiger partial charge is 0.461 e. The molecule has 3 rings (SSSR count). The zero-order chi connectivity index (χ0) is 26.2. The van der Waals surface area contributed by atoms with E-state index in [0.717, 1.165) is 0 Å². The number of fused-ring (bicyclic) bond motifs is 3. The summed E-state index contributed by atoms with van der Waals surface area (Å²) in [6.45, 7) is 15.5. The summed E-state index contributed by atoms with van der Waals surface area (Å²) in [5, 5.41) is 0. The highest BCUT2D eigenvalue weighted by Crippen LogP contribution is 2.55. The lowest BCUT2D eigenvalue weighted by molar-refractivity contribution is -0.189. The van der Waals surface area contributed by atoms with E-state index in [9.17, 15) is 24.0 Å². The summed E-state index contributed by atoms with van der Waals surface area (Å²) in [5.41, 5.74) is -1.48. The van der Waals surface area contributed by atoms with E-state index in [0.29, 0.717) is 0 Å². The molecule has 0 amide bonds. The SMILES string of the molecule is C=C(COC(C)=O)C(=O)O[C@H]1[C@@H]2C(=C)C(=O)O[C@H]([C@@H](C)[C@@H]3C=CC(=O)[C@]31C)[C@H]2OC(=O)CC(C)C. The van der Waals surface area contributed by atoms with Crippen molar-refractivity contribution in [3.63, 3.8) is 0 Å². The molecule has 0 aromatic heterocycles. The number of esters is 4. The lowest BCUT2D eigenvalue weighted by Crippen LogP contribution is -2.55. The van der Waals surface area contributed by atoms with Crippen LogP contribution in [0.15, 0.2) is 36.5 Å². The standard InChI is InChI=1S/C26H32O9/c1-12(2)10-19(29)33-22-20-15(5)25(31)34-21(22)14(4)17-8-9-18(28)26(17,7)23(20)35-24(30)13(3)11-32-16(6)27/h8-9,12,14,17,20-23H,3,5,10-11H2,1-2,4,6-7H3/t14-,17-,20+,21+,22-,23-,26-/m0/s1. The number of hydrogen-bond donors (Lipinski definition) is 0. The Morgan fingerprint density at radius 2 is 1.86 bits per heavy atom. The maximum Gasteiger partial charge on any atom is 0.337 e. The smallest absolute Gasteiger partial charge is 0.337 e. The van der Waals surface area contributed by atoms with Gasteiger partial charge in [0.1, 0.15) is 24.9 Å². The van der Waals surface area contributed by atoms with Gasteiger partial charge < -0.3 is 18.9 Å². The van der Waals surface area contributed by atoms with E-state index in [-0.39, 0.29) is 29.3 Å². The highest BCUT2D eigenvalue weighted by atomic mass is 16.6. The average molecular weight is 489 g/mol. The van der Waals surface area contributed by atoms with Gasteiger partial charge >= 0.3 is 23.9 Å². The molecule has 2 bridgehead atoms. The van der Waals surface area contributed by atoms with Crippen LogP contribution in [0.3, 0.4) is 0 Å². The third-order valence-electron chi connectivity index (χ3n) is 7.08. The van der Waals surface area contributed by atoms with Crippen molar-refractivity contribution >= 4 is 29.7 Å². The van der Waals surface area contributed by atoms with Crippen molar-refractivity contribution in [3.8, 4) is 0 Å². The number of hydrogen-bond acceptors (Lipinski definition) is 9. The maximum absolute atomic E-state index is 13.2. The fourth-order valence-corrected chi connectivity index (χ4v) is 5.25. The summed E-state index contributed by atoms with van der Waals surface area (Å²) >= 11 is 0. The summed E-state index contributed by atoms with van der Waals surface area (Å²) in [5.74, 6) is -4.92. The van der Waals surface area contributed by atoms with Gasteiger partial charge in [0.15, 0.2) is 5.78 Å². The van der Waals surface area contributed by atoms with Gasteiger partial charge in [-0.3, -0.25) is 14.4 Å². The molecule has 0 spiro atoms. The highest BCUT2D eigenvalue weighted by molar-refractivity contribution is 5.99. The van der Waals surface area contributed by atoms with Gasteiger partial charge in [0, 0.05) is 24.8 Å². The Hall–Kier alpha value is -3.23. The Balaban J connectivity index is 2.07. The van der Waals surface area contributed by atoms with Gasteiger partial charge in [0.2, 0.25) is 0 Å². The molecular weight excluding hydrogens is 456 g/mol. The fraction of sp³-hybridized carbons (Fsp3) is 0.577. The Kier molecular flexibility index (Phi) is 7.38. The van der Waals surface area contributed by atoms with Gasteiger partial charge in [0.25, 0.3) is 0 Å². The van der Waals surface area contributed by atoms with Crippen molar-refractivity contribution < 1.29 is 42.9 Å². The Morgan fingerprint density at radius 3 is 2.46 bits per heavy atom. The fourth-order valence-electron chi connectivity index (χ4n) is 5.25. The van der Waals surface area contributed by atoms with E-state index in [1.807, 2.05) is 20.8 Å². The average Bonchev–Trinajstić information content (AvgIpc) is 3.04. The van der Waals surface area contributed by atoms with Crippen LogP contribution in [-0.2, 0) is 42.9 Å². The highest BCUT2D eigenvalue weighted by Gasteiger charge is 2.65. The molecule has 0 unspecified atom stereocenters. The molecule has 35 heavy (non-hydrogen) atoms. The summed E-state index contributed by atoms with van der Waals surface area (Å²) in [7, 11) is 0. The molecule has 9 nitrogen and oxygen atoms in total. The lowest BCUT2D eigenvalue weighted by Gasteiger charge is -2.42. The van der Waals surface area contributed by atoms with Crippen LogP contribution in [0.2, 0.25) is 0 Å². The number of allylic oxidation sites excluding steroid dienone is 2. The van der Waals surface area contributed by atoms with Crippen LogP contribution in [-0.4, -0.2) is 54.6 Å². The summed E-state index contributed by atoms with van der Waals surface area (Å²) in [6.07, 6.45) is 0.175. The van der Waals surface area contributed by atoms with Gasteiger partial charge in [-0.05, 0) is 24.8 Å². The maximum atomic E-state index is 13.2. The van der Waals surface area contributed by atoms with Crippen molar-refractivity contribution in [1.82, 2.24) is 0 Å². The summed E-state index contributed by atoms with van der Waals surface area (Å²) < 4.78 is 22.2. The molecular formula is C26H32O9. The molecule has 1 saturated carbocycles. The number of ketones is 1. The first-order valence-corrected chi connectivity index (χ1v) is 11.6. The first kappa shape index (κ1) is 26.4. The first-order chi connectivity index (χ1) is 16.3. The third-order valence-corrected chi connectivity index (χ3v) is 7.08. The summed E-state index contributed by atoms with van der Waals surface area (Å²) in [4.78, 5) is 62.8. The molecule has 0 aromatic rings. The molecule has 9 heteroatoms. The molecule has 1 saturated heterocycles. The van der Waals surface area contributed by atoms with Crippen molar-refractivity contribution in [2.45, 2.75) is 59.4 Å². The molecule has 0 N–H and O–H groups in total. The second kappa shape index (κ2) is 9.79. The van der Waals surface area contributed by atoms with Gasteiger partial charge in [-0.1, -0.05) is 40.0 Å². The molecule has 1 aliphatic heterocycles. The number of ether oxygens (including phenoxy) is 4. The Labute approximate surface area is 204 Å². The summed E-state index contributed by atoms with van der Waals surface area (Å²) in [6, 6.07) is 0. The van der Waals surface area contributed by atoms with E-state index in [1.165, 1.54) is 13.0 Å². The number of carbonyl (C=O) groups is 5. The zero-order valence-corrected chi connectivity index (χ0v) is 20.7. The van der Waals surface area contributed by atoms with Crippen LogP contribution >= 0.6 is 0 Å². The van der Waals surface area contributed by atoms with Crippen molar-refractivity contribution in [1.29, 1.82) is 0 Å². The molecule has 3 aliphatic rings. The lowest BCUT2D eigenvalue weighted by atomic mass is 9.67. The normalized spacial score (nSPS) is 33.5. The second-order valence-electron chi connectivity index (χ2n) is 10.1. The zero-order valence-electron chi connectivity index (χ0n) is 20.7. The van der Waals surface area contributed by atoms with Gasteiger partial charge in [0.05, 0.1) is 16.9 Å². The second-order valence-corrected chi connectivity index (χ2v) is 10.1. The van der Waals surface area contributed by atoms with Crippen molar-refractivity contribution in [2.24, 2.45) is 29.1 Å². The minimum Gasteiger partial charge on any atom is -0.461 e. The number of carbonyl (C=O) groups excluding carboxylic acids is 5. The van der Waals surface area contributed by atoms with Crippen LogP contribution < -0.4 is 0 Å². The van der Waals surface area contributed by atoms with Gasteiger partial charge in [-0.15, -0.1) is 0 Å². The van der Waals surface area contributed by atoms with Crippen molar-refractivity contribution in [2.75, 3.05) is 6.61 Å². The van der Waals surface area contributed by atoms with Crippen LogP contribution in [0, 0.1) is 29.1 Å². The molecule has 0 radical (unpaired) electrons. The quantitative estimate of drug-likeness (QED) is 0.302. The van der Waals surface area contributed by atoms with Crippen LogP contribution in [0.4, 0.5) is 0 Å².